The van der Waals surface area contributed by atoms with Crippen molar-refractivity contribution in [3.05, 3.63) is 60.7 Å². The molecule has 102 valence electrons. The third-order valence-electron chi connectivity index (χ3n) is 2.64. The standard InChI is InChI=1S/C16H14Cl2N2/c1-12(19-13-8-4-2-5-9-13)15(16(17)18)20-14-10-6-3-7-11-14/h2-11,16H,1H3. The Hall–Kier alpha value is -1.64. The predicted octanol–water partition coefficient (Wildman–Crippen LogP) is 5.36. The molecule has 4 heteroatoms. The molecule has 0 unspecified atom stereocenters. The summed E-state index contributed by atoms with van der Waals surface area (Å²) < 4.78 is 0. The minimum absolute atomic E-state index is 0.559. The van der Waals surface area contributed by atoms with Crippen molar-refractivity contribution in [3.63, 3.8) is 0 Å². The normalized spacial score (nSPS) is 12.8. The van der Waals surface area contributed by atoms with Crippen LogP contribution < -0.4 is 0 Å². The molecule has 2 aromatic rings. The van der Waals surface area contributed by atoms with E-state index in [0.717, 1.165) is 11.4 Å². The van der Waals surface area contributed by atoms with Gasteiger partial charge in [0.05, 0.1) is 22.8 Å². The summed E-state index contributed by atoms with van der Waals surface area (Å²) in [7, 11) is 0. The fraction of sp³-hybridized carbons (Fsp3) is 0.125. The number of aliphatic imine (C=N–C) groups is 2. The van der Waals surface area contributed by atoms with E-state index in [9.17, 15) is 0 Å². The Labute approximate surface area is 128 Å². The topological polar surface area (TPSA) is 24.7 Å². The fourth-order valence-corrected chi connectivity index (χ4v) is 2.10. The molecular weight excluding hydrogens is 291 g/mol. The summed E-state index contributed by atoms with van der Waals surface area (Å²) in [6, 6.07) is 19.2. The molecule has 0 atom stereocenters. The molecular formula is C16H14Cl2N2. The van der Waals surface area contributed by atoms with E-state index < -0.39 is 4.84 Å². The minimum Gasteiger partial charge on any atom is -0.252 e. The predicted molar refractivity (Wildman–Crippen MR) is 88.2 cm³/mol. The van der Waals surface area contributed by atoms with Gasteiger partial charge in [0.25, 0.3) is 0 Å². The quantitative estimate of drug-likeness (QED) is 0.537. The summed E-state index contributed by atoms with van der Waals surface area (Å²) in [5.74, 6) is 0. The van der Waals surface area contributed by atoms with E-state index >= 15 is 0 Å². The lowest BCUT2D eigenvalue weighted by Crippen LogP contribution is -2.17. The SMILES string of the molecule is CC(=Nc1ccccc1)C(=Nc1ccccc1)C(Cl)Cl. The second-order valence-electron chi connectivity index (χ2n) is 4.17. The number of hydrogen-bond acceptors (Lipinski definition) is 2. The van der Waals surface area contributed by atoms with E-state index in [1.807, 2.05) is 67.6 Å². The molecule has 0 aliphatic heterocycles. The molecule has 20 heavy (non-hydrogen) atoms. The average molecular weight is 305 g/mol. The van der Waals surface area contributed by atoms with Crippen LogP contribution in [0.5, 0.6) is 0 Å². The number of benzene rings is 2. The van der Waals surface area contributed by atoms with Crippen LogP contribution in [0.15, 0.2) is 70.6 Å². The van der Waals surface area contributed by atoms with Gasteiger partial charge in [-0.3, -0.25) is 4.99 Å². The van der Waals surface area contributed by atoms with E-state index in [4.69, 9.17) is 23.2 Å². The van der Waals surface area contributed by atoms with E-state index in [1.54, 1.807) is 0 Å². The van der Waals surface area contributed by atoms with Gasteiger partial charge in [-0.15, -0.1) is 0 Å². The zero-order valence-electron chi connectivity index (χ0n) is 11.0. The minimum atomic E-state index is -0.720. The van der Waals surface area contributed by atoms with Crippen molar-refractivity contribution in [1.29, 1.82) is 0 Å². The van der Waals surface area contributed by atoms with Crippen molar-refractivity contribution < 1.29 is 0 Å². The number of hydrogen-bond donors (Lipinski definition) is 0. The third kappa shape index (κ3) is 4.19. The highest BCUT2D eigenvalue weighted by molar-refractivity contribution is 6.65. The largest absolute Gasteiger partial charge is 0.252 e. The summed E-state index contributed by atoms with van der Waals surface area (Å²) in [5, 5.41) is 0. The van der Waals surface area contributed by atoms with Crippen LogP contribution in [0.25, 0.3) is 0 Å². The molecule has 0 N–H and O–H groups in total. The maximum absolute atomic E-state index is 6.01. The van der Waals surface area contributed by atoms with Gasteiger partial charge in [0.15, 0.2) is 4.84 Å². The van der Waals surface area contributed by atoms with Crippen LogP contribution in [0.3, 0.4) is 0 Å². The zero-order chi connectivity index (χ0) is 14.4. The first-order valence-corrected chi connectivity index (χ1v) is 7.06. The summed E-state index contributed by atoms with van der Waals surface area (Å²) in [5.41, 5.74) is 2.91. The second-order valence-corrected chi connectivity index (χ2v) is 5.26. The molecule has 0 aromatic heterocycles. The Kier molecular flexibility index (Phi) is 5.33. The molecule has 0 radical (unpaired) electrons. The molecule has 0 bridgehead atoms. The first kappa shape index (κ1) is 14.8. The Morgan fingerprint density at radius 2 is 1.25 bits per heavy atom. The third-order valence-corrected chi connectivity index (χ3v) is 3.05. The molecule has 0 saturated heterocycles. The lowest BCUT2D eigenvalue weighted by atomic mass is 10.2. The van der Waals surface area contributed by atoms with Gasteiger partial charge in [-0.2, -0.15) is 0 Å². The van der Waals surface area contributed by atoms with Crippen molar-refractivity contribution in [2.24, 2.45) is 9.98 Å². The van der Waals surface area contributed by atoms with E-state index in [2.05, 4.69) is 9.98 Å². The highest BCUT2D eigenvalue weighted by Crippen LogP contribution is 2.18. The van der Waals surface area contributed by atoms with Gasteiger partial charge in [0.2, 0.25) is 0 Å². The average Bonchev–Trinajstić information content (AvgIpc) is 2.46. The van der Waals surface area contributed by atoms with Gasteiger partial charge in [0, 0.05) is 0 Å². The number of alkyl halides is 2. The van der Waals surface area contributed by atoms with Crippen molar-refractivity contribution in [2.75, 3.05) is 0 Å². The van der Waals surface area contributed by atoms with Gasteiger partial charge < -0.3 is 0 Å². The van der Waals surface area contributed by atoms with Crippen molar-refractivity contribution >= 4 is 46.0 Å². The molecule has 0 fully saturated rings. The molecule has 0 heterocycles. The van der Waals surface area contributed by atoms with Crippen molar-refractivity contribution in [3.8, 4) is 0 Å². The monoisotopic (exact) mass is 304 g/mol. The highest BCUT2D eigenvalue weighted by Gasteiger charge is 2.13. The van der Waals surface area contributed by atoms with Crippen LogP contribution in [-0.4, -0.2) is 16.3 Å². The molecule has 0 aliphatic carbocycles. The Morgan fingerprint density at radius 3 is 1.70 bits per heavy atom. The van der Waals surface area contributed by atoms with Crippen LogP contribution in [0, 0.1) is 0 Å². The van der Waals surface area contributed by atoms with Gasteiger partial charge in [-0.1, -0.05) is 59.6 Å². The van der Waals surface area contributed by atoms with Crippen molar-refractivity contribution in [1.82, 2.24) is 0 Å². The highest BCUT2D eigenvalue weighted by atomic mass is 35.5. The van der Waals surface area contributed by atoms with E-state index in [0.29, 0.717) is 11.4 Å². The molecule has 0 spiro atoms. The maximum Gasteiger partial charge on any atom is 0.151 e. The summed E-state index contributed by atoms with van der Waals surface area (Å²) in [4.78, 5) is 8.25. The number of rotatable bonds is 4. The summed E-state index contributed by atoms with van der Waals surface area (Å²) in [6.07, 6.45) is 0. The van der Waals surface area contributed by atoms with Crippen molar-refractivity contribution in [2.45, 2.75) is 11.8 Å². The summed E-state index contributed by atoms with van der Waals surface area (Å²) >= 11 is 12.0. The molecule has 0 saturated carbocycles. The van der Waals surface area contributed by atoms with Gasteiger partial charge in [0.1, 0.15) is 0 Å². The van der Waals surface area contributed by atoms with Crippen LogP contribution in [0.4, 0.5) is 11.4 Å². The van der Waals surface area contributed by atoms with Crippen LogP contribution in [0.2, 0.25) is 0 Å². The van der Waals surface area contributed by atoms with Crippen LogP contribution in [0.1, 0.15) is 6.92 Å². The first-order chi connectivity index (χ1) is 9.66. The van der Waals surface area contributed by atoms with E-state index in [-0.39, 0.29) is 0 Å². The van der Waals surface area contributed by atoms with Gasteiger partial charge in [-0.05, 0) is 31.2 Å². The Bertz CT molecular complexity index is 605. The van der Waals surface area contributed by atoms with Crippen LogP contribution >= 0.6 is 23.2 Å². The fourth-order valence-electron chi connectivity index (χ4n) is 1.68. The second kappa shape index (κ2) is 7.22. The van der Waals surface area contributed by atoms with Gasteiger partial charge in [-0.25, -0.2) is 4.99 Å². The molecule has 2 aromatic carbocycles. The molecule has 2 rings (SSSR count). The lowest BCUT2D eigenvalue weighted by molar-refractivity contribution is 1.46. The number of nitrogens with zero attached hydrogens (tertiary/aromatic N) is 2. The molecule has 0 amide bonds. The summed E-state index contributed by atoms with van der Waals surface area (Å²) in [6.45, 7) is 1.85. The molecule has 2 nitrogen and oxygen atoms in total. The first-order valence-electron chi connectivity index (χ1n) is 6.19. The Balaban J connectivity index is 2.34. The van der Waals surface area contributed by atoms with E-state index in [1.165, 1.54) is 0 Å². The lowest BCUT2D eigenvalue weighted by Gasteiger charge is -2.07. The van der Waals surface area contributed by atoms with Crippen LogP contribution in [-0.2, 0) is 0 Å². The zero-order valence-corrected chi connectivity index (χ0v) is 12.5. The number of para-hydroxylation sites is 2. The maximum atomic E-state index is 6.01. The van der Waals surface area contributed by atoms with Gasteiger partial charge >= 0.3 is 0 Å². The smallest absolute Gasteiger partial charge is 0.151 e. The molecule has 0 aliphatic rings. The number of halogens is 2. The Morgan fingerprint density at radius 1 is 0.800 bits per heavy atom.